The van der Waals surface area contributed by atoms with Crippen molar-refractivity contribution in [1.82, 2.24) is 15.0 Å². The molecule has 0 saturated heterocycles. The molecular weight excluding hydrogens is 327 g/mol. The normalized spacial score (nSPS) is 11.4. The van der Waals surface area contributed by atoms with Crippen LogP contribution in [-0.4, -0.2) is 26.9 Å². The summed E-state index contributed by atoms with van der Waals surface area (Å²) in [7, 11) is 0. The molecule has 0 spiro atoms. The molecule has 0 aromatic carbocycles. The molecular formula is C14H10F3N5S. The summed E-state index contributed by atoms with van der Waals surface area (Å²) >= 11 is 0.936. The van der Waals surface area contributed by atoms with E-state index in [-0.39, 0.29) is 16.7 Å². The number of pyridine rings is 1. The first kappa shape index (κ1) is 16.8. The SMILES string of the molecule is C#CCSc1nc(N/N=C/c2ccncc2)cc(C(F)(F)F)n1. The highest BCUT2D eigenvalue weighted by Crippen LogP contribution is 2.30. The number of terminal acetylenes is 1. The van der Waals surface area contributed by atoms with Gasteiger partial charge in [-0.05, 0) is 17.7 Å². The molecule has 0 aliphatic rings. The van der Waals surface area contributed by atoms with Crippen LogP contribution in [0, 0.1) is 12.3 Å². The number of halogens is 3. The van der Waals surface area contributed by atoms with Crippen molar-refractivity contribution in [3.8, 4) is 12.3 Å². The van der Waals surface area contributed by atoms with E-state index in [2.05, 4.69) is 31.4 Å². The van der Waals surface area contributed by atoms with Gasteiger partial charge in [0.2, 0.25) is 0 Å². The maximum Gasteiger partial charge on any atom is 0.433 e. The number of thioether (sulfide) groups is 1. The van der Waals surface area contributed by atoms with Gasteiger partial charge in [-0.15, -0.1) is 6.42 Å². The molecule has 0 radical (unpaired) electrons. The fraction of sp³-hybridized carbons (Fsp3) is 0.143. The summed E-state index contributed by atoms with van der Waals surface area (Å²) in [6.07, 6.45) is 5.09. The maximum absolute atomic E-state index is 12.8. The summed E-state index contributed by atoms with van der Waals surface area (Å²) in [4.78, 5) is 11.2. The quantitative estimate of drug-likeness (QED) is 0.299. The van der Waals surface area contributed by atoms with Gasteiger partial charge in [-0.2, -0.15) is 18.3 Å². The van der Waals surface area contributed by atoms with Crippen LogP contribution in [0.3, 0.4) is 0 Å². The van der Waals surface area contributed by atoms with Gasteiger partial charge in [0, 0.05) is 18.5 Å². The number of hydrogen-bond acceptors (Lipinski definition) is 6. The van der Waals surface area contributed by atoms with Gasteiger partial charge in [0.05, 0.1) is 12.0 Å². The fourth-order valence-electron chi connectivity index (χ4n) is 1.42. The number of aromatic nitrogens is 3. The topological polar surface area (TPSA) is 63.1 Å². The molecule has 5 nitrogen and oxygen atoms in total. The van der Waals surface area contributed by atoms with Gasteiger partial charge in [0.1, 0.15) is 0 Å². The van der Waals surface area contributed by atoms with E-state index in [0.29, 0.717) is 0 Å². The zero-order valence-corrected chi connectivity index (χ0v) is 12.4. The van der Waals surface area contributed by atoms with Crippen LogP contribution < -0.4 is 5.43 Å². The van der Waals surface area contributed by atoms with E-state index < -0.39 is 11.9 Å². The molecule has 0 bridgehead atoms. The zero-order valence-electron chi connectivity index (χ0n) is 11.6. The predicted octanol–water partition coefficient (Wildman–Crippen LogP) is 3.06. The summed E-state index contributed by atoms with van der Waals surface area (Å²) in [5, 5.41) is 3.78. The highest BCUT2D eigenvalue weighted by Gasteiger charge is 2.33. The Morgan fingerprint density at radius 3 is 2.70 bits per heavy atom. The number of hydrogen-bond donors (Lipinski definition) is 1. The molecule has 0 saturated carbocycles. The number of anilines is 1. The monoisotopic (exact) mass is 337 g/mol. The van der Waals surface area contributed by atoms with Gasteiger partial charge in [-0.1, -0.05) is 17.7 Å². The van der Waals surface area contributed by atoms with Crippen molar-refractivity contribution in [2.45, 2.75) is 11.3 Å². The first-order valence-electron chi connectivity index (χ1n) is 6.20. The number of hydrazone groups is 1. The Balaban J connectivity index is 2.19. The van der Waals surface area contributed by atoms with Crippen LogP contribution in [0.15, 0.2) is 40.9 Å². The lowest BCUT2D eigenvalue weighted by Crippen LogP contribution is -2.10. The average Bonchev–Trinajstić information content (AvgIpc) is 2.53. The second-order valence-corrected chi connectivity index (χ2v) is 5.00. The average molecular weight is 337 g/mol. The molecule has 0 aliphatic carbocycles. The van der Waals surface area contributed by atoms with Crippen molar-refractivity contribution in [3.05, 3.63) is 41.9 Å². The van der Waals surface area contributed by atoms with E-state index in [4.69, 9.17) is 6.42 Å². The first-order chi connectivity index (χ1) is 11.0. The van der Waals surface area contributed by atoms with Crippen molar-refractivity contribution in [2.24, 2.45) is 5.10 Å². The van der Waals surface area contributed by atoms with Crippen LogP contribution in [0.2, 0.25) is 0 Å². The minimum Gasteiger partial charge on any atom is -0.265 e. The summed E-state index contributed by atoms with van der Waals surface area (Å²) in [6, 6.07) is 4.17. The van der Waals surface area contributed by atoms with E-state index in [9.17, 15) is 13.2 Å². The Bertz CT molecular complexity index is 725. The third-order valence-corrected chi connectivity index (χ3v) is 3.13. The van der Waals surface area contributed by atoms with Crippen LogP contribution in [0.25, 0.3) is 0 Å². The second kappa shape index (κ2) is 7.60. The smallest absolute Gasteiger partial charge is 0.265 e. The standard InChI is InChI=1S/C14H10F3N5S/c1-2-7-23-13-20-11(14(15,16)17)8-12(21-13)22-19-9-10-3-5-18-6-4-10/h1,3-6,8-9H,7H2,(H,20,21,22)/b19-9+. The Morgan fingerprint density at radius 1 is 1.30 bits per heavy atom. The lowest BCUT2D eigenvalue weighted by atomic mass is 10.3. The first-order valence-corrected chi connectivity index (χ1v) is 7.19. The molecule has 0 unspecified atom stereocenters. The van der Waals surface area contributed by atoms with E-state index >= 15 is 0 Å². The largest absolute Gasteiger partial charge is 0.433 e. The zero-order chi connectivity index (χ0) is 16.7. The molecule has 23 heavy (non-hydrogen) atoms. The molecule has 1 N–H and O–H groups in total. The highest BCUT2D eigenvalue weighted by molar-refractivity contribution is 7.99. The molecule has 118 valence electrons. The van der Waals surface area contributed by atoms with Crippen molar-refractivity contribution in [1.29, 1.82) is 0 Å². The number of nitrogens with zero attached hydrogens (tertiary/aromatic N) is 4. The number of rotatable bonds is 5. The van der Waals surface area contributed by atoms with Crippen molar-refractivity contribution in [3.63, 3.8) is 0 Å². The van der Waals surface area contributed by atoms with Crippen LogP contribution in [0.4, 0.5) is 19.0 Å². The molecule has 2 heterocycles. The van der Waals surface area contributed by atoms with Gasteiger partial charge >= 0.3 is 6.18 Å². The molecule has 0 fully saturated rings. The third-order valence-electron chi connectivity index (χ3n) is 2.38. The number of nitrogens with one attached hydrogen (secondary N) is 1. The lowest BCUT2D eigenvalue weighted by molar-refractivity contribution is -0.141. The van der Waals surface area contributed by atoms with Gasteiger partial charge in [-0.25, -0.2) is 9.97 Å². The van der Waals surface area contributed by atoms with Crippen molar-refractivity contribution >= 4 is 23.8 Å². The van der Waals surface area contributed by atoms with Crippen LogP contribution in [-0.2, 0) is 6.18 Å². The Morgan fingerprint density at radius 2 is 2.04 bits per heavy atom. The molecule has 9 heteroatoms. The second-order valence-electron chi connectivity index (χ2n) is 4.06. The molecule has 0 aliphatic heterocycles. The molecule has 2 aromatic heterocycles. The summed E-state index contributed by atoms with van der Waals surface area (Å²) < 4.78 is 38.5. The Hall–Kier alpha value is -2.60. The van der Waals surface area contributed by atoms with E-state index in [1.807, 2.05) is 0 Å². The summed E-state index contributed by atoms with van der Waals surface area (Å²) in [6.45, 7) is 0. The van der Waals surface area contributed by atoms with Gasteiger partial charge in [0.15, 0.2) is 16.7 Å². The van der Waals surface area contributed by atoms with Gasteiger partial charge in [-0.3, -0.25) is 10.4 Å². The van der Waals surface area contributed by atoms with Crippen LogP contribution in [0.1, 0.15) is 11.3 Å². The van der Waals surface area contributed by atoms with Gasteiger partial charge < -0.3 is 0 Å². The van der Waals surface area contributed by atoms with Crippen LogP contribution >= 0.6 is 11.8 Å². The van der Waals surface area contributed by atoms with Gasteiger partial charge in [0.25, 0.3) is 0 Å². The minimum absolute atomic E-state index is 0.0700. The maximum atomic E-state index is 12.8. The van der Waals surface area contributed by atoms with Crippen molar-refractivity contribution < 1.29 is 13.2 Å². The minimum atomic E-state index is -4.58. The molecule has 2 rings (SSSR count). The Kier molecular flexibility index (Phi) is 5.54. The van der Waals surface area contributed by atoms with E-state index in [0.717, 1.165) is 23.4 Å². The van der Waals surface area contributed by atoms with E-state index in [1.165, 1.54) is 6.21 Å². The van der Waals surface area contributed by atoms with E-state index in [1.54, 1.807) is 24.5 Å². The lowest BCUT2D eigenvalue weighted by Gasteiger charge is -2.09. The fourth-order valence-corrected chi connectivity index (χ4v) is 1.96. The molecule has 0 atom stereocenters. The molecule has 2 aromatic rings. The Labute approximate surface area is 134 Å². The van der Waals surface area contributed by atoms with Crippen molar-refractivity contribution in [2.75, 3.05) is 11.2 Å². The summed E-state index contributed by atoms with van der Waals surface area (Å²) in [5.41, 5.74) is 2.13. The molecule has 0 amide bonds. The number of alkyl halides is 3. The highest BCUT2D eigenvalue weighted by atomic mass is 32.2. The third kappa shape index (κ3) is 5.27. The predicted molar refractivity (Wildman–Crippen MR) is 82.0 cm³/mol. The summed E-state index contributed by atoms with van der Waals surface area (Å²) in [5.74, 6) is 2.40. The van der Waals surface area contributed by atoms with Crippen LogP contribution in [0.5, 0.6) is 0 Å².